The van der Waals surface area contributed by atoms with Gasteiger partial charge in [-0.25, -0.2) is 0 Å². The molecular weight excluding hydrogens is 290 g/mol. The quantitative estimate of drug-likeness (QED) is 0.663. The van der Waals surface area contributed by atoms with Gasteiger partial charge in [-0.2, -0.15) is 17.4 Å². The van der Waals surface area contributed by atoms with Crippen molar-refractivity contribution in [3.8, 4) is 0 Å². The Bertz CT molecular complexity index is 387. The summed E-state index contributed by atoms with van der Waals surface area (Å²) in [6, 6.07) is -0.145. The van der Waals surface area contributed by atoms with Crippen molar-refractivity contribution in [3.05, 3.63) is 0 Å². The van der Waals surface area contributed by atoms with E-state index in [0.717, 1.165) is 25.8 Å². The van der Waals surface area contributed by atoms with E-state index in [1.807, 2.05) is 20.8 Å². The van der Waals surface area contributed by atoms with Gasteiger partial charge in [0.1, 0.15) is 0 Å². The number of likely N-dealkylation sites (N-methyl/N-ethyl adjacent to an activating group) is 1. The summed E-state index contributed by atoms with van der Waals surface area (Å²) in [6.45, 7) is 8.60. The molecule has 1 aliphatic heterocycles. The molecule has 2 unspecified atom stereocenters. The Labute approximate surface area is 129 Å². The lowest BCUT2D eigenvalue weighted by molar-refractivity contribution is 0.154. The molecule has 2 atom stereocenters. The van der Waals surface area contributed by atoms with Crippen molar-refractivity contribution in [2.45, 2.75) is 52.1 Å². The molecule has 0 radical (unpaired) electrons. The second-order valence-electron chi connectivity index (χ2n) is 6.00. The molecule has 1 saturated heterocycles. The smallest absolute Gasteiger partial charge is 0.280 e. The number of ether oxygens (including phenoxy) is 1. The largest absolute Gasteiger partial charge is 0.383 e. The maximum atomic E-state index is 12.7. The number of hydrogen-bond donors (Lipinski definition) is 2. The van der Waals surface area contributed by atoms with Crippen molar-refractivity contribution >= 4 is 10.2 Å². The molecule has 7 heteroatoms. The fraction of sp³-hybridized carbons (Fsp3) is 1.00. The molecule has 1 heterocycles. The Morgan fingerprint density at radius 3 is 2.62 bits per heavy atom. The van der Waals surface area contributed by atoms with Crippen LogP contribution in [0.15, 0.2) is 0 Å². The van der Waals surface area contributed by atoms with Crippen LogP contribution in [-0.4, -0.2) is 58.2 Å². The molecule has 0 bridgehead atoms. The van der Waals surface area contributed by atoms with E-state index >= 15 is 0 Å². The fourth-order valence-electron chi connectivity index (χ4n) is 2.61. The van der Waals surface area contributed by atoms with Gasteiger partial charge in [0.2, 0.25) is 0 Å². The molecule has 0 aromatic heterocycles. The third-order valence-electron chi connectivity index (χ3n) is 3.96. The van der Waals surface area contributed by atoms with E-state index in [4.69, 9.17) is 4.74 Å². The lowest BCUT2D eigenvalue weighted by atomic mass is 10.1. The van der Waals surface area contributed by atoms with Gasteiger partial charge >= 0.3 is 0 Å². The topological polar surface area (TPSA) is 70.7 Å². The van der Waals surface area contributed by atoms with Crippen LogP contribution in [-0.2, 0) is 14.9 Å². The van der Waals surface area contributed by atoms with E-state index in [-0.39, 0.29) is 18.0 Å². The summed E-state index contributed by atoms with van der Waals surface area (Å²) in [5.74, 6) is 0.191. The molecule has 1 rings (SSSR count). The lowest BCUT2D eigenvalue weighted by Crippen LogP contribution is -2.55. The first-order chi connectivity index (χ1) is 9.92. The van der Waals surface area contributed by atoms with Gasteiger partial charge in [-0.3, -0.25) is 0 Å². The van der Waals surface area contributed by atoms with E-state index in [9.17, 15) is 8.42 Å². The zero-order valence-corrected chi connectivity index (χ0v) is 14.6. The normalized spacial score (nSPS) is 22.6. The average Bonchev–Trinajstić information content (AvgIpc) is 2.44. The molecule has 0 aromatic rings. The molecule has 0 aliphatic carbocycles. The maximum absolute atomic E-state index is 12.7. The molecule has 2 N–H and O–H groups in total. The minimum Gasteiger partial charge on any atom is -0.383 e. The molecular formula is C14H31N3O3S. The number of hydrogen-bond acceptors (Lipinski definition) is 4. The molecule has 126 valence electrons. The second kappa shape index (κ2) is 9.05. The molecule has 21 heavy (non-hydrogen) atoms. The molecule has 0 saturated carbocycles. The number of piperidine rings is 1. The molecule has 1 fully saturated rings. The molecule has 0 spiro atoms. The van der Waals surface area contributed by atoms with E-state index in [2.05, 4.69) is 10.0 Å². The summed E-state index contributed by atoms with van der Waals surface area (Å²) in [5.41, 5.74) is 0. The van der Waals surface area contributed by atoms with Gasteiger partial charge in [0.05, 0.1) is 6.61 Å². The second-order valence-corrected chi connectivity index (χ2v) is 7.65. The van der Waals surface area contributed by atoms with Crippen LogP contribution in [0.4, 0.5) is 0 Å². The molecule has 0 amide bonds. The Morgan fingerprint density at radius 2 is 2.05 bits per heavy atom. The van der Waals surface area contributed by atoms with Crippen LogP contribution in [0.2, 0.25) is 0 Å². The van der Waals surface area contributed by atoms with Gasteiger partial charge in [0.25, 0.3) is 10.2 Å². The summed E-state index contributed by atoms with van der Waals surface area (Å²) in [5, 5.41) is 3.26. The van der Waals surface area contributed by atoms with E-state index < -0.39 is 10.2 Å². The van der Waals surface area contributed by atoms with Gasteiger partial charge in [-0.1, -0.05) is 27.2 Å². The Kier molecular flexibility index (Phi) is 8.12. The van der Waals surface area contributed by atoms with E-state index in [1.165, 1.54) is 0 Å². The van der Waals surface area contributed by atoms with Crippen LogP contribution in [0.3, 0.4) is 0 Å². The van der Waals surface area contributed by atoms with Gasteiger partial charge in [0.15, 0.2) is 0 Å². The highest BCUT2D eigenvalue weighted by Crippen LogP contribution is 2.20. The summed E-state index contributed by atoms with van der Waals surface area (Å²) in [7, 11) is -1.87. The summed E-state index contributed by atoms with van der Waals surface area (Å²) >= 11 is 0. The van der Waals surface area contributed by atoms with E-state index in [0.29, 0.717) is 19.7 Å². The zero-order valence-electron chi connectivity index (χ0n) is 13.8. The predicted molar refractivity (Wildman–Crippen MR) is 85.4 cm³/mol. The van der Waals surface area contributed by atoms with Gasteiger partial charge in [-0.15, -0.1) is 0 Å². The predicted octanol–water partition coefficient (Wildman–Crippen LogP) is 0.956. The third-order valence-corrected chi connectivity index (χ3v) is 5.66. The number of methoxy groups -OCH3 is 1. The maximum Gasteiger partial charge on any atom is 0.280 e. The van der Waals surface area contributed by atoms with Crippen LogP contribution >= 0.6 is 0 Å². The number of rotatable bonds is 9. The summed E-state index contributed by atoms with van der Waals surface area (Å²) in [4.78, 5) is 0. The van der Waals surface area contributed by atoms with Crippen molar-refractivity contribution in [1.29, 1.82) is 0 Å². The highest BCUT2D eigenvalue weighted by molar-refractivity contribution is 7.87. The van der Waals surface area contributed by atoms with Crippen molar-refractivity contribution in [3.63, 3.8) is 0 Å². The van der Waals surface area contributed by atoms with Crippen LogP contribution in [0, 0.1) is 5.92 Å². The van der Waals surface area contributed by atoms with Crippen molar-refractivity contribution in [1.82, 2.24) is 14.3 Å². The Morgan fingerprint density at radius 1 is 1.33 bits per heavy atom. The molecule has 6 nitrogen and oxygen atoms in total. The first-order valence-electron chi connectivity index (χ1n) is 7.91. The van der Waals surface area contributed by atoms with Crippen molar-refractivity contribution in [2.24, 2.45) is 5.92 Å². The van der Waals surface area contributed by atoms with Gasteiger partial charge in [-0.05, 0) is 25.3 Å². The van der Waals surface area contributed by atoms with Crippen LogP contribution in [0.1, 0.15) is 40.0 Å². The minimum atomic E-state index is -3.47. The third kappa shape index (κ3) is 5.83. The first kappa shape index (κ1) is 18.8. The van der Waals surface area contributed by atoms with Crippen LogP contribution in [0.25, 0.3) is 0 Å². The Hall–Kier alpha value is -0.210. The Balaban J connectivity index is 2.77. The zero-order chi connectivity index (χ0) is 15.9. The molecule has 1 aliphatic rings. The van der Waals surface area contributed by atoms with Crippen LogP contribution in [0.5, 0.6) is 0 Å². The minimum absolute atomic E-state index is 0.0477. The fourth-order valence-corrected chi connectivity index (χ4v) is 4.41. The van der Waals surface area contributed by atoms with Gasteiger partial charge < -0.3 is 10.1 Å². The van der Waals surface area contributed by atoms with E-state index in [1.54, 1.807) is 11.4 Å². The first-order valence-corrected chi connectivity index (χ1v) is 9.35. The standard InChI is InChI=1S/C14H31N3O3S/c1-5-15-10-13-8-6-7-9-17(13)21(18,19)16-14(11-20-4)12(2)3/h12-16H,5-11H2,1-4H3. The summed E-state index contributed by atoms with van der Waals surface area (Å²) in [6.07, 6.45) is 2.94. The summed E-state index contributed by atoms with van der Waals surface area (Å²) < 4.78 is 34.9. The number of nitrogens with one attached hydrogen (secondary N) is 2. The monoisotopic (exact) mass is 321 g/mol. The van der Waals surface area contributed by atoms with Gasteiger partial charge in [0, 0.05) is 32.3 Å². The number of nitrogens with zero attached hydrogens (tertiary/aromatic N) is 1. The average molecular weight is 321 g/mol. The highest BCUT2D eigenvalue weighted by Gasteiger charge is 2.33. The van der Waals surface area contributed by atoms with Crippen LogP contribution < -0.4 is 10.0 Å². The highest BCUT2D eigenvalue weighted by atomic mass is 32.2. The van der Waals surface area contributed by atoms with Crippen molar-refractivity contribution in [2.75, 3.05) is 33.4 Å². The lowest BCUT2D eigenvalue weighted by Gasteiger charge is -2.36. The molecule has 0 aromatic carbocycles. The SMILES string of the molecule is CCNCC1CCCCN1S(=O)(=O)NC(COC)C(C)C. The van der Waals surface area contributed by atoms with Crippen molar-refractivity contribution < 1.29 is 13.2 Å².